The Morgan fingerprint density at radius 3 is 2.79 bits per heavy atom. The minimum absolute atomic E-state index is 0.0114. The maximum absolute atomic E-state index is 12.3. The molecule has 0 spiro atoms. The van der Waals surface area contributed by atoms with Crippen LogP contribution in [-0.4, -0.2) is 34.7 Å². The van der Waals surface area contributed by atoms with Gasteiger partial charge in [0.05, 0.1) is 17.6 Å². The van der Waals surface area contributed by atoms with Crippen LogP contribution in [-0.2, 0) is 16.1 Å². The SMILES string of the molecule is O=C(CCN1C(=O)COc2ccccc21)NCc1cnn(-c2ccc(Cl)cc2)c1. The van der Waals surface area contributed by atoms with E-state index in [2.05, 4.69) is 10.4 Å². The number of carbonyl (C=O) groups excluding carboxylic acids is 2. The van der Waals surface area contributed by atoms with Crippen molar-refractivity contribution in [1.82, 2.24) is 15.1 Å². The van der Waals surface area contributed by atoms with Crippen LogP contribution in [0.2, 0.25) is 5.02 Å². The molecule has 148 valence electrons. The number of nitrogens with one attached hydrogen (secondary N) is 1. The number of nitrogens with zero attached hydrogens (tertiary/aromatic N) is 3. The molecule has 8 heteroatoms. The van der Waals surface area contributed by atoms with Crippen molar-refractivity contribution in [3.05, 3.63) is 71.5 Å². The summed E-state index contributed by atoms with van der Waals surface area (Å²) in [4.78, 5) is 26.0. The maximum atomic E-state index is 12.3. The van der Waals surface area contributed by atoms with Gasteiger partial charge >= 0.3 is 0 Å². The van der Waals surface area contributed by atoms with Crippen LogP contribution in [0.4, 0.5) is 5.69 Å². The van der Waals surface area contributed by atoms with Gasteiger partial charge in [0.1, 0.15) is 5.75 Å². The van der Waals surface area contributed by atoms with Crippen molar-refractivity contribution in [2.45, 2.75) is 13.0 Å². The van der Waals surface area contributed by atoms with Crippen LogP contribution in [0.1, 0.15) is 12.0 Å². The average molecular weight is 411 g/mol. The van der Waals surface area contributed by atoms with Gasteiger partial charge in [-0.1, -0.05) is 23.7 Å². The van der Waals surface area contributed by atoms with E-state index in [0.717, 1.165) is 11.3 Å². The molecular formula is C21H19ClN4O3. The minimum Gasteiger partial charge on any atom is -0.482 e. The Morgan fingerprint density at radius 2 is 1.97 bits per heavy atom. The lowest BCUT2D eigenvalue weighted by atomic mass is 10.2. The molecule has 0 radical (unpaired) electrons. The molecule has 3 aromatic rings. The summed E-state index contributed by atoms with van der Waals surface area (Å²) in [6.45, 7) is 0.650. The van der Waals surface area contributed by atoms with Gasteiger partial charge in [-0.05, 0) is 36.4 Å². The molecule has 2 heterocycles. The van der Waals surface area contributed by atoms with Crippen LogP contribution in [0.25, 0.3) is 5.69 Å². The second-order valence-electron chi connectivity index (χ2n) is 6.60. The van der Waals surface area contributed by atoms with E-state index in [9.17, 15) is 9.59 Å². The van der Waals surface area contributed by atoms with Gasteiger partial charge in [-0.3, -0.25) is 9.59 Å². The molecule has 0 atom stereocenters. The molecule has 0 aliphatic carbocycles. The molecule has 0 unspecified atom stereocenters. The average Bonchev–Trinajstić information content (AvgIpc) is 3.21. The first-order chi connectivity index (χ1) is 14.1. The first-order valence-electron chi connectivity index (χ1n) is 9.18. The lowest BCUT2D eigenvalue weighted by molar-refractivity contribution is -0.122. The summed E-state index contributed by atoms with van der Waals surface area (Å²) in [5.74, 6) is 0.365. The molecule has 1 aromatic heterocycles. The molecule has 1 aliphatic heterocycles. The zero-order valence-electron chi connectivity index (χ0n) is 15.5. The number of ether oxygens (including phenoxy) is 1. The molecule has 4 rings (SSSR count). The summed E-state index contributed by atoms with van der Waals surface area (Å²) >= 11 is 5.90. The third-order valence-electron chi connectivity index (χ3n) is 4.59. The fourth-order valence-corrected chi connectivity index (χ4v) is 3.21. The fraction of sp³-hybridized carbons (Fsp3) is 0.190. The Bertz CT molecular complexity index is 1030. The van der Waals surface area contributed by atoms with Crippen LogP contribution in [0.15, 0.2) is 60.9 Å². The number of para-hydroxylation sites is 2. The van der Waals surface area contributed by atoms with Crippen LogP contribution < -0.4 is 15.0 Å². The third kappa shape index (κ3) is 4.41. The number of rotatable bonds is 6. The van der Waals surface area contributed by atoms with Gasteiger partial charge in [-0.15, -0.1) is 0 Å². The Kier molecular flexibility index (Phi) is 5.48. The monoisotopic (exact) mass is 410 g/mol. The Labute approximate surface area is 172 Å². The van der Waals surface area contributed by atoms with Gasteiger partial charge in [0.25, 0.3) is 5.91 Å². The van der Waals surface area contributed by atoms with Crippen molar-refractivity contribution in [3.63, 3.8) is 0 Å². The molecule has 2 aromatic carbocycles. The van der Waals surface area contributed by atoms with E-state index in [1.54, 1.807) is 27.9 Å². The molecule has 0 saturated carbocycles. The number of benzene rings is 2. The molecule has 29 heavy (non-hydrogen) atoms. The molecule has 1 aliphatic rings. The summed E-state index contributed by atoms with van der Waals surface area (Å²) in [5, 5.41) is 7.83. The largest absolute Gasteiger partial charge is 0.482 e. The normalized spacial score (nSPS) is 13.0. The summed E-state index contributed by atoms with van der Waals surface area (Å²) in [6.07, 6.45) is 3.76. The molecular weight excluding hydrogens is 392 g/mol. The molecule has 0 saturated heterocycles. The maximum Gasteiger partial charge on any atom is 0.265 e. The molecule has 7 nitrogen and oxygen atoms in total. The van der Waals surface area contributed by atoms with Gasteiger partial charge in [-0.2, -0.15) is 5.10 Å². The summed E-state index contributed by atoms with van der Waals surface area (Å²) in [6, 6.07) is 14.7. The molecule has 0 fully saturated rings. The predicted octanol–water partition coefficient (Wildman–Crippen LogP) is 2.96. The van der Waals surface area contributed by atoms with E-state index in [0.29, 0.717) is 29.5 Å². The quantitative estimate of drug-likeness (QED) is 0.677. The van der Waals surface area contributed by atoms with Gasteiger partial charge in [0.2, 0.25) is 5.91 Å². The smallest absolute Gasteiger partial charge is 0.265 e. The van der Waals surface area contributed by atoms with Gasteiger partial charge in [-0.25, -0.2) is 4.68 Å². The summed E-state index contributed by atoms with van der Waals surface area (Å²) < 4.78 is 7.14. The van der Waals surface area contributed by atoms with Crippen LogP contribution in [0.3, 0.4) is 0 Å². The first-order valence-corrected chi connectivity index (χ1v) is 9.56. The third-order valence-corrected chi connectivity index (χ3v) is 4.84. The first kappa shape index (κ1) is 19.0. The number of halogens is 1. The lowest BCUT2D eigenvalue weighted by Gasteiger charge is -2.29. The van der Waals surface area contributed by atoms with E-state index in [1.165, 1.54) is 0 Å². The molecule has 0 bridgehead atoms. The van der Waals surface area contributed by atoms with Crippen LogP contribution in [0.5, 0.6) is 5.75 Å². The molecule has 1 N–H and O–H groups in total. The van der Waals surface area contributed by atoms with E-state index in [4.69, 9.17) is 16.3 Å². The van der Waals surface area contributed by atoms with Crippen molar-refractivity contribution in [3.8, 4) is 11.4 Å². The minimum atomic E-state index is -0.152. The zero-order valence-corrected chi connectivity index (χ0v) is 16.3. The number of fused-ring (bicyclic) bond motifs is 1. The fourth-order valence-electron chi connectivity index (χ4n) is 3.09. The van der Waals surface area contributed by atoms with Crippen LogP contribution in [0, 0.1) is 0 Å². The van der Waals surface area contributed by atoms with Gasteiger partial charge in [0.15, 0.2) is 6.61 Å². The van der Waals surface area contributed by atoms with Crippen molar-refractivity contribution >= 4 is 29.1 Å². The summed E-state index contributed by atoms with van der Waals surface area (Å²) in [7, 11) is 0. The van der Waals surface area contributed by atoms with E-state index in [-0.39, 0.29) is 24.8 Å². The van der Waals surface area contributed by atoms with Crippen molar-refractivity contribution in [2.24, 2.45) is 0 Å². The van der Waals surface area contributed by atoms with Gasteiger partial charge < -0.3 is 15.0 Å². The van der Waals surface area contributed by atoms with E-state index >= 15 is 0 Å². The Balaban J connectivity index is 1.31. The summed E-state index contributed by atoms with van der Waals surface area (Å²) in [5.41, 5.74) is 2.46. The Morgan fingerprint density at radius 1 is 1.17 bits per heavy atom. The van der Waals surface area contributed by atoms with Crippen molar-refractivity contribution in [2.75, 3.05) is 18.1 Å². The highest BCUT2D eigenvalue weighted by Crippen LogP contribution is 2.31. The number of hydrogen-bond donors (Lipinski definition) is 1. The van der Waals surface area contributed by atoms with Crippen LogP contribution >= 0.6 is 11.6 Å². The topological polar surface area (TPSA) is 76.5 Å². The number of anilines is 1. The van der Waals surface area contributed by atoms with Crippen molar-refractivity contribution < 1.29 is 14.3 Å². The number of carbonyl (C=O) groups is 2. The highest BCUT2D eigenvalue weighted by atomic mass is 35.5. The zero-order chi connectivity index (χ0) is 20.2. The number of hydrogen-bond acceptors (Lipinski definition) is 4. The second kappa shape index (κ2) is 8.36. The van der Waals surface area contributed by atoms with Gasteiger partial charge in [0, 0.05) is 36.3 Å². The highest BCUT2D eigenvalue weighted by molar-refractivity contribution is 6.30. The molecule has 2 amide bonds. The Hall–Kier alpha value is -3.32. The van der Waals surface area contributed by atoms with E-state index in [1.807, 2.05) is 42.6 Å². The number of aromatic nitrogens is 2. The standard InChI is InChI=1S/C21H19ClN4O3/c22-16-5-7-17(8-6-16)26-13-15(12-24-26)11-23-20(27)9-10-25-18-3-1-2-4-19(18)29-14-21(25)28/h1-8,12-13H,9-11,14H2,(H,23,27). The van der Waals surface area contributed by atoms with E-state index < -0.39 is 0 Å². The second-order valence-corrected chi connectivity index (χ2v) is 7.03. The number of amides is 2. The lowest BCUT2D eigenvalue weighted by Crippen LogP contribution is -2.41. The predicted molar refractivity (Wildman–Crippen MR) is 109 cm³/mol. The highest BCUT2D eigenvalue weighted by Gasteiger charge is 2.25. The van der Waals surface area contributed by atoms with Crippen molar-refractivity contribution in [1.29, 1.82) is 0 Å².